The first-order chi connectivity index (χ1) is 22.3. The molecule has 0 unspecified atom stereocenters. The largest absolute Gasteiger partial charge is 0.256 e. The molecule has 0 atom stereocenters. The Balaban J connectivity index is 0.000000238. The maximum atomic E-state index is 4.73. The molecule has 0 N–H and O–H groups in total. The van der Waals surface area contributed by atoms with E-state index in [1.54, 1.807) is 0 Å². The zero-order chi connectivity index (χ0) is 32.2. The first-order valence-corrected chi connectivity index (χ1v) is 15.7. The van der Waals surface area contributed by atoms with E-state index in [-0.39, 0.29) is 0 Å². The molecule has 0 aliphatic rings. The lowest BCUT2D eigenvalue weighted by Crippen LogP contribution is -2.37. The Morgan fingerprint density at radius 1 is 0.565 bits per heavy atom. The molecule has 0 bridgehead atoms. The van der Waals surface area contributed by atoms with Gasteiger partial charge in [-0.1, -0.05) is 97.1 Å². The van der Waals surface area contributed by atoms with Crippen molar-refractivity contribution in [2.24, 2.45) is 14.1 Å². The Morgan fingerprint density at radius 2 is 1.17 bits per heavy atom. The van der Waals surface area contributed by atoms with Crippen molar-refractivity contribution >= 4 is 0 Å². The molecule has 5 heteroatoms. The van der Waals surface area contributed by atoms with Crippen LogP contribution in [0.3, 0.4) is 0 Å². The van der Waals surface area contributed by atoms with E-state index in [0.717, 1.165) is 17.1 Å². The Kier molecular flexibility index (Phi) is 8.75. The molecule has 7 rings (SSSR count). The summed E-state index contributed by atoms with van der Waals surface area (Å²) >= 11 is 0. The number of benzene rings is 4. The molecule has 0 radical (unpaired) electrons. The summed E-state index contributed by atoms with van der Waals surface area (Å²) in [6, 6.07) is 40.4. The molecule has 0 amide bonds. The second-order valence-corrected chi connectivity index (χ2v) is 11.8. The second kappa shape index (κ2) is 13.2. The summed E-state index contributed by atoms with van der Waals surface area (Å²) in [5.74, 6) is 0. The number of hydrogen-bond acceptors (Lipinski definition) is 1. The summed E-state index contributed by atoms with van der Waals surface area (Å²) in [6.07, 6.45) is 8.54. The average molecular weight is 604 g/mol. The Bertz CT molecular complexity index is 2020. The summed E-state index contributed by atoms with van der Waals surface area (Å²) < 4.78 is 8.54. The third kappa shape index (κ3) is 6.18. The molecule has 0 aliphatic carbocycles. The van der Waals surface area contributed by atoms with Gasteiger partial charge in [-0.15, -0.1) is 18.7 Å². The summed E-state index contributed by atoms with van der Waals surface area (Å²) in [5, 5.41) is 0. The first-order valence-electron chi connectivity index (χ1n) is 15.7. The molecule has 0 aliphatic heterocycles. The van der Waals surface area contributed by atoms with Gasteiger partial charge < -0.3 is 0 Å². The second-order valence-electron chi connectivity index (χ2n) is 11.8. The van der Waals surface area contributed by atoms with Crippen LogP contribution in [0.25, 0.3) is 44.8 Å². The molecule has 0 saturated carbocycles. The van der Waals surface area contributed by atoms with Crippen LogP contribution in [0.15, 0.2) is 140 Å². The number of aromatic nitrogens is 5. The molecule has 3 aromatic heterocycles. The lowest BCUT2D eigenvalue weighted by atomic mass is 9.89. The van der Waals surface area contributed by atoms with Crippen molar-refractivity contribution in [1.82, 2.24) is 14.3 Å². The standard InChI is InChI=1S/C30H28N3.C11H13N2/c1-21-18-22(2)31-23(3)30(21)33-20-26(19-32(33)4)29-27(24-12-7-5-8-13-24)16-11-17-28(29)25-14-9-6-10-15-25;1-10-6-3-4-7-11(10)13-9-5-8-12(13)2/h5-20H,1-4H3;3-9H,1-2H3/q2*+1. The van der Waals surface area contributed by atoms with Crippen LogP contribution in [0.2, 0.25) is 0 Å². The molecule has 0 saturated heterocycles. The van der Waals surface area contributed by atoms with Gasteiger partial charge in [0, 0.05) is 17.3 Å². The van der Waals surface area contributed by atoms with Crippen molar-refractivity contribution in [2.45, 2.75) is 27.7 Å². The van der Waals surface area contributed by atoms with E-state index in [1.807, 2.05) is 26.2 Å². The normalized spacial score (nSPS) is 10.8. The van der Waals surface area contributed by atoms with E-state index in [0.29, 0.717) is 0 Å². The molecule has 46 heavy (non-hydrogen) atoms. The minimum Gasteiger partial charge on any atom is -0.256 e. The number of nitrogens with zero attached hydrogens (tertiary/aromatic N) is 5. The molecule has 0 spiro atoms. The monoisotopic (exact) mass is 603 g/mol. The van der Waals surface area contributed by atoms with E-state index in [1.165, 1.54) is 50.2 Å². The van der Waals surface area contributed by atoms with Crippen LogP contribution in [0.4, 0.5) is 0 Å². The van der Waals surface area contributed by atoms with Gasteiger partial charge >= 0.3 is 0 Å². The van der Waals surface area contributed by atoms with Crippen LogP contribution in [-0.2, 0) is 14.1 Å². The smallest absolute Gasteiger partial charge is 0.203 e. The fourth-order valence-electron chi connectivity index (χ4n) is 6.31. The molecule has 7 aromatic rings. The summed E-state index contributed by atoms with van der Waals surface area (Å²) in [7, 11) is 4.13. The van der Waals surface area contributed by atoms with Gasteiger partial charge in [-0.2, -0.15) is 0 Å². The molecule has 228 valence electrons. The zero-order valence-corrected chi connectivity index (χ0v) is 27.5. The van der Waals surface area contributed by atoms with Gasteiger partial charge in [-0.25, -0.2) is 0 Å². The Hall–Kier alpha value is -5.55. The fourth-order valence-corrected chi connectivity index (χ4v) is 6.31. The number of para-hydroxylation sites is 1. The Morgan fingerprint density at radius 3 is 1.74 bits per heavy atom. The minimum atomic E-state index is 1.03. The Labute approximate surface area is 272 Å². The van der Waals surface area contributed by atoms with Gasteiger partial charge in [-0.05, 0) is 73.2 Å². The predicted molar refractivity (Wildman–Crippen MR) is 187 cm³/mol. The van der Waals surface area contributed by atoms with Gasteiger partial charge in [0.25, 0.3) is 0 Å². The van der Waals surface area contributed by atoms with Crippen molar-refractivity contribution in [3.05, 3.63) is 163 Å². The van der Waals surface area contributed by atoms with E-state index in [2.05, 4.69) is 174 Å². The van der Waals surface area contributed by atoms with Crippen LogP contribution in [0.5, 0.6) is 0 Å². The predicted octanol–water partition coefficient (Wildman–Crippen LogP) is 8.23. The molecule has 5 nitrogen and oxygen atoms in total. The maximum absolute atomic E-state index is 4.73. The third-order valence-corrected chi connectivity index (χ3v) is 8.40. The summed E-state index contributed by atoms with van der Waals surface area (Å²) in [6.45, 7) is 8.41. The maximum Gasteiger partial charge on any atom is 0.203 e. The summed E-state index contributed by atoms with van der Waals surface area (Å²) in [4.78, 5) is 4.73. The van der Waals surface area contributed by atoms with Crippen molar-refractivity contribution in [3.63, 3.8) is 0 Å². The van der Waals surface area contributed by atoms with E-state index < -0.39 is 0 Å². The van der Waals surface area contributed by atoms with Crippen molar-refractivity contribution in [3.8, 4) is 44.8 Å². The van der Waals surface area contributed by atoms with Crippen molar-refractivity contribution in [2.75, 3.05) is 0 Å². The van der Waals surface area contributed by atoms with Crippen molar-refractivity contribution in [1.29, 1.82) is 0 Å². The first kappa shape index (κ1) is 30.5. The lowest BCUT2D eigenvalue weighted by molar-refractivity contribution is -0.744. The SMILES string of the molecule is Cc1cc(C)c(-n2cc(-c3c(-c4ccccc4)cccc3-c3ccccc3)c[n+]2C)c(C)n1.Cc1ccccc1-n1ccc[n+]1C. The van der Waals surface area contributed by atoms with Crippen molar-refractivity contribution < 1.29 is 9.36 Å². The number of pyridine rings is 1. The summed E-state index contributed by atoms with van der Waals surface area (Å²) in [5.41, 5.74) is 14.2. The molecule has 0 fully saturated rings. The minimum absolute atomic E-state index is 1.03. The van der Waals surface area contributed by atoms with Gasteiger partial charge in [0.05, 0.1) is 23.7 Å². The van der Waals surface area contributed by atoms with Crippen LogP contribution >= 0.6 is 0 Å². The topological polar surface area (TPSA) is 30.5 Å². The highest BCUT2D eigenvalue weighted by Crippen LogP contribution is 2.40. The van der Waals surface area contributed by atoms with Gasteiger partial charge in [0.1, 0.15) is 11.4 Å². The number of rotatable bonds is 5. The van der Waals surface area contributed by atoms with Gasteiger partial charge in [-0.3, -0.25) is 4.98 Å². The molecular formula is C41H41N5+2. The lowest BCUT2D eigenvalue weighted by Gasteiger charge is -2.14. The van der Waals surface area contributed by atoms with Crippen LogP contribution in [0, 0.1) is 27.7 Å². The third-order valence-electron chi connectivity index (χ3n) is 8.40. The highest BCUT2D eigenvalue weighted by molar-refractivity contribution is 5.94. The molecule has 3 heterocycles. The number of hydrogen-bond donors (Lipinski definition) is 0. The highest BCUT2D eigenvalue weighted by atomic mass is 15.4. The highest BCUT2D eigenvalue weighted by Gasteiger charge is 2.22. The van der Waals surface area contributed by atoms with E-state index in [4.69, 9.17) is 4.98 Å². The van der Waals surface area contributed by atoms with Gasteiger partial charge in [0.2, 0.25) is 6.20 Å². The van der Waals surface area contributed by atoms with Crippen LogP contribution in [0.1, 0.15) is 22.5 Å². The fraction of sp³-hybridized carbons (Fsp3) is 0.146. The molecule has 4 aromatic carbocycles. The average Bonchev–Trinajstić information content (AvgIpc) is 3.66. The van der Waals surface area contributed by atoms with Crippen LogP contribution in [-0.4, -0.2) is 14.3 Å². The van der Waals surface area contributed by atoms with Gasteiger partial charge in [0.15, 0.2) is 20.3 Å². The van der Waals surface area contributed by atoms with E-state index >= 15 is 0 Å². The van der Waals surface area contributed by atoms with E-state index in [9.17, 15) is 0 Å². The number of aryl methyl sites for hydroxylation is 6. The van der Waals surface area contributed by atoms with Crippen LogP contribution < -0.4 is 9.36 Å². The molecular weight excluding hydrogens is 562 g/mol. The quantitative estimate of drug-likeness (QED) is 0.182. The zero-order valence-electron chi connectivity index (χ0n) is 27.5.